The third-order valence-corrected chi connectivity index (χ3v) is 3.54. The van der Waals surface area contributed by atoms with Crippen LogP contribution in [-0.2, 0) is 0 Å². The average molecular weight is 370 g/mol. The largest absolute Gasteiger partial charge is 0.204 e. The third kappa shape index (κ3) is 1.99. The van der Waals surface area contributed by atoms with Gasteiger partial charge in [-0.3, -0.25) is 0 Å². The maximum absolute atomic E-state index is 12.9. The van der Waals surface area contributed by atoms with Gasteiger partial charge in [-0.15, -0.1) is 0 Å². The van der Waals surface area contributed by atoms with E-state index in [-0.39, 0.29) is 10.0 Å². The molecule has 0 aliphatic carbocycles. The van der Waals surface area contributed by atoms with Crippen LogP contribution in [0.4, 0.5) is 4.39 Å². The van der Waals surface area contributed by atoms with E-state index in [0.29, 0.717) is 8.04 Å². The van der Waals surface area contributed by atoms with Gasteiger partial charge in [0.25, 0.3) is 0 Å². The number of hydrogen-bond acceptors (Lipinski definition) is 0. The lowest BCUT2D eigenvalue weighted by atomic mass is 10.3. The van der Waals surface area contributed by atoms with Gasteiger partial charge in [-0.25, -0.2) is 4.39 Å². The molecular formula is C6HBrCl2FI. The molecule has 1 aromatic rings. The monoisotopic (exact) mass is 368 g/mol. The van der Waals surface area contributed by atoms with Gasteiger partial charge in [0.15, 0.2) is 5.82 Å². The zero-order valence-corrected chi connectivity index (χ0v) is 10.2. The summed E-state index contributed by atoms with van der Waals surface area (Å²) in [5, 5.41) is 0.176. The summed E-state index contributed by atoms with van der Waals surface area (Å²) >= 11 is 16.2. The second-order valence-electron chi connectivity index (χ2n) is 1.78. The first-order chi connectivity index (χ1) is 5.04. The normalized spacial score (nSPS) is 10.3. The van der Waals surface area contributed by atoms with Crippen LogP contribution in [-0.4, -0.2) is 0 Å². The topological polar surface area (TPSA) is 0 Å². The van der Waals surface area contributed by atoms with E-state index in [1.807, 2.05) is 22.6 Å². The molecule has 0 unspecified atom stereocenters. The fraction of sp³-hybridized carbons (Fsp3) is 0. The van der Waals surface area contributed by atoms with Crippen molar-refractivity contribution in [2.75, 3.05) is 0 Å². The Morgan fingerprint density at radius 3 is 2.45 bits per heavy atom. The quantitative estimate of drug-likeness (QED) is 0.359. The Balaban J connectivity index is 3.46. The van der Waals surface area contributed by atoms with Gasteiger partial charge in [0.2, 0.25) is 0 Å². The predicted molar refractivity (Wildman–Crippen MR) is 56.8 cm³/mol. The lowest BCUT2D eigenvalue weighted by Crippen LogP contribution is -1.85. The number of rotatable bonds is 0. The summed E-state index contributed by atoms with van der Waals surface area (Å²) in [6, 6.07) is 1.57. The summed E-state index contributed by atoms with van der Waals surface area (Å²) in [6.45, 7) is 0. The number of hydrogen-bond donors (Lipinski definition) is 0. The Labute approximate surface area is 95.3 Å². The minimum atomic E-state index is -0.472. The van der Waals surface area contributed by atoms with E-state index in [1.54, 1.807) is 6.07 Å². The fourth-order valence-corrected chi connectivity index (χ4v) is 2.59. The lowest BCUT2D eigenvalue weighted by molar-refractivity contribution is 0.620. The van der Waals surface area contributed by atoms with E-state index >= 15 is 0 Å². The molecule has 1 rings (SSSR count). The zero-order chi connectivity index (χ0) is 8.59. The third-order valence-electron chi connectivity index (χ3n) is 1.06. The molecule has 0 aliphatic rings. The van der Waals surface area contributed by atoms with Crippen molar-refractivity contribution in [1.29, 1.82) is 0 Å². The van der Waals surface area contributed by atoms with Crippen LogP contribution in [0.3, 0.4) is 0 Å². The summed E-state index contributed by atoms with van der Waals surface area (Å²) in [7, 11) is 0. The SMILES string of the molecule is Fc1c(I)cc(Br)c(Cl)c1Cl. The zero-order valence-electron chi connectivity index (χ0n) is 4.97. The van der Waals surface area contributed by atoms with Crippen molar-refractivity contribution < 1.29 is 4.39 Å². The molecule has 0 amide bonds. The fourth-order valence-electron chi connectivity index (χ4n) is 0.544. The molecule has 0 nitrogen and oxygen atoms in total. The minimum Gasteiger partial charge on any atom is -0.204 e. The first-order valence-corrected chi connectivity index (χ1v) is 5.15. The van der Waals surface area contributed by atoms with Gasteiger partial charge in [-0.2, -0.15) is 0 Å². The second-order valence-corrected chi connectivity index (χ2v) is 4.55. The molecule has 0 heterocycles. The van der Waals surface area contributed by atoms with Crippen LogP contribution < -0.4 is 0 Å². The molecule has 11 heavy (non-hydrogen) atoms. The average Bonchev–Trinajstić information content (AvgIpc) is 1.97. The molecular weight excluding hydrogens is 369 g/mol. The van der Waals surface area contributed by atoms with Crippen LogP contribution in [0.2, 0.25) is 10.0 Å². The van der Waals surface area contributed by atoms with E-state index in [2.05, 4.69) is 15.9 Å². The second kappa shape index (κ2) is 3.77. The maximum Gasteiger partial charge on any atom is 0.156 e. The van der Waals surface area contributed by atoms with Crippen molar-refractivity contribution >= 4 is 61.7 Å². The molecule has 60 valence electrons. The molecule has 5 heteroatoms. The first-order valence-electron chi connectivity index (χ1n) is 2.52. The molecule has 1 aromatic carbocycles. The van der Waals surface area contributed by atoms with E-state index in [4.69, 9.17) is 23.2 Å². The lowest BCUT2D eigenvalue weighted by Gasteiger charge is -2.01. The Bertz CT molecular complexity index is 277. The highest BCUT2D eigenvalue weighted by atomic mass is 127. The summed E-state index contributed by atoms with van der Waals surface area (Å²) in [6.07, 6.45) is 0. The summed E-state index contributed by atoms with van der Waals surface area (Å²) in [4.78, 5) is 0. The van der Waals surface area contributed by atoms with E-state index < -0.39 is 5.82 Å². The summed E-state index contributed by atoms with van der Waals surface area (Å²) in [5.41, 5.74) is 0. The van der Waals surface area contributed by atoms with Gasteiger partial charge in [-0.05, 0) is 44.6 Å². The van der Waals surface area contributed by atoms with E-state index in [0.717, 1.165) is 0 Å². The Morgan fingerprint density at radius 2 is 1.91 bits per heavy atom. The number of benzene rings is 1. The molecule has 0 bridgehead atoms. The molecule has 0 aliphatic heterocycles. The Kier molecular flexibility index (Phi) is 3.43. The molecule has 0 N–H and O–H groups in total. The van der Waals surface area contributed by atoms with Crippen molar-refractivity contribution in [3.63, 3.8) is 0 Å². The standard InChI is InChI=1S/C6HBrCl2FI/c7-2-1-3(11)6(10)5(9)4(2)8/h1H. The van der Waals surface area contributed by atoms with Gasteiger partial charge in [-0.1, -0.05) is 23.2 Å². The molecule has 0 saturated carbocycles. The number of halogens is 5. The van der Waals surface area contributed by atoms with E-state index in [1.165, 1.54) is 0 Å². The van der Waals surface area contributed by atoms with Crippen molar-refractivity contribution in [3.8, 4) is 0 Å². The van der Waals surface area contributed by atoms with Gasteiger partial charge in [0.1, 0.15) is 0 Å². The van der Waals surface area contributed by atoms with Crippen molar-refractivity contribution in [1.82, 2.24) is 0 Å². The molecule has 0 radical (unpaired) electrons. The van der Waals surface area contributed by atoms with Gasteiger partial charge >= 0.3 is 0 Å². The summed E-state index contributed by atoms with van der Waals surface area (Å²) < 4.78 is 14.0. The van der Waals surface area contributed by atoms with Crippen molar-refractivity contribution in [3.05, 3.63) is 30.0 Å². The molecule has 0 atom stereocenters. The van der Waals surface area contributed by atoms with Crippen LogP contribution in [0, 0.1) is 9.39 Å². The highest BCUT2D eigenvalue weighted by molar-refractivity contribution is 14.1. The Hall–Kier alpha value is 0.940. The smallest absolute Gasteiger partial charge is 0.156 e. The first kappa shape index (κ1) is 10.0. The Morgan fingerprint density at radius 1 is 1.36 bits per heavy atom. The van der Waals surface area contributed by atoms with Crippen LogP contribution in [0.1, 0.15) is 0 Å². The van der Waals surface area contributed by atoms with Crippen LogP contribution in [0.5, 0.6) is 0 Å². The van der Waals surface area contributed by atoms with Crippen LogP contribution >= 0.6 is 61.7 Å². The van der Waals surface area contributed by atoms with Gasteiger partial charge < -0.3 is 0 Å². The molecule has 0 fully saturated rings. The highest BCUT2D eigenvalue weighted by Gasteiger charge is 2.11. The molecule has 0 spiro atoms. The van der Waals surface area contributed by atoms with Gasteiger partial charge in [0, 0.05) is 4.47 Å². The molecule has 0 aromatic heterocycles. The highest BCUT2D eigenvalue weighted by Crippen LogP contribution is 2.34. The van der Waals surface area contributed by atoms with Crippen molar-refractivity contribution in [2.45, 2.75) is 0 Å². The summed E-state index contributed by atoms with van der Waals surface area (Å²) in [5.74, 6) is -0.472. The van der Waals surface area contributed by atoms with Crippen LogP contribution in [0.25, 0.3) is 0 Å². The van der Waals surface area contributed by atoms with Crippen LogP contribution in [0.15, 0.2) is 10.5 Å². The van der Waals surface area contributed by atoms with Gasteiger partial charge in [0.05, 0.1) is 13.6 Å². The maximum atomic E-state index is 12.9. The minimum absolute atomic E-state index is 0.0366. The predicted octanol–water partition coefficient (Wildman–Crippen LogP) is 4.50. The van der Waals surface area contributed by atoms with E-state index in [9.17, 15) is 4.39 Å². The molecule has 0 saturated heterocycles. The van der Waals surface area contributed by atoms with Crippen molar-refractivity contribution in [2.24, 2.45) is 0 Å².